The molecule has 0 saturated heterocycles. The summed E-state index contributed by atoms with van der Waals surface area (Å²) in [5, 5.41) is 2.95. The predicted molar refractivity (Wildman–Crippen MR) is 84.1 cm³/mol. The fourth-order valence-electron chi connectivity index (χ4n) is 2.14. The van der Waals surface area contributed by atoms with Crippen LogP contribution in [0.5, 0.6) is 0 Å². The van der Waals surface area contributed by atoms with Gasteiger partial charge in [0.05, 0.1) is 5.69 Å². The Morgan fingerprint density at radius 2 is 2.11 bits per heavy atom. The number of anilines is 1. The van der Waals surface area contributed by atoms with Gasteiger partial charge in [0.25, 0.3) is 0 Å². The third-order valence-electron chi connectivity index (χ3n) is 3.08. The second-order valence-electron chi connectivity index (χ2n) is 5.42. The third kappa shape index (κ3) is 5.33. The summed E-state index contributed by atoms with van der Waals surface area (Å²) >= 11 is 3.49. The Morgan fingerprint density at radius 1 is 1.42 bits per heavy atom. The largest absolute Gasteiger partial charge is 0.330 e. The summed E-state index contributed by atoms with van der Waals surface area (Å²) in [4.78, 5) is 12.0. The van der Waals surface area contributed by atoms with Crippen molar-refractivity contribution < 1.29 is 4.79 Å². The summed E-state index contributed by atoms with van der Waals surface area (Å²) < 4.78 is 0.941. The average molecular weight is 327 g/mol. The van der Waals surface area contributed by atoms with Gasteiger partial charge in [0.2, 0.25) is 5.91 Å². The first kappa shape index (κ1) is 16.2. The van der Waals surface area contributed by atoms with E-state index in [4.69, 9.17) is 5.73 Å². The van der Waals surface area contributed by atoms with Crippen LogP contribution in [0.25, 0.3) is 0 Å². The minimum absolute atomic E-state index is 0.0300. The van der Waals surface area contributed by atoms with Crippen molar-refractivity contribution in [2.75, 3.05) is 11.9 Å². The molecule has 1 atom stereocenters. The van der Waals surface area contributed by atoms with Crippen LogP contribution in [0.2, 0.25) is 0 Å². The lowest BCUT2D eigenvalue weighted by Crippen LogP contribution is -2.23. The van der Waals surface area contributed by atoms with Gasteiger partial charge in [-0.15, -0.1) is 0 Å². The zero-order valence-electron chi connectivity index (χ0n) is 11.9. The van der Waals surface area contributed by atoms with Crippen LogP contribution in [-0.4, -0.2) is 12.5 Å². The molecule has 0 aliphatic rings. The molecule has 4 heteroatoms. The van der Waals surface area contributed by atoms with Crippen LogP contribution >= 0.6 is 15.9 Å². The molecule has 0 spiro atoms. The van der Waals surface area contributed by atoms with Crippen molar-refractivity contribution in [1.29, 1.82) is 0 Å². The van der Waals surface area contributed by atoms with E-state index in [0.29, 0.717) is 18.9 Å². The van der Waals surface area contributed by atoms with Crippen LogP contribution in [0.3, 0.4) is 0 Å². The number of aryl methyl sites for hydroxylation is 1. The number of carbonyl (C=O) groups is 1. The number of amides is 1. The molecule has 19 heavy (non-hydrogen) atoms. The predicted octanol–water partition coefficient (Wildman–Crippen LogP) is 3.71. The van der Waals surface area contributed by atoms with E-state index in [1.54, 1.807) is 0 Å². The fraction of sp³-hybridized carbons (Fsp3) is 0.533. The van der Waals surface area contributed by atoms with Gasteiger partial charge in [-0.2, -0.15) is 0 Å². The second kappa shape index (κ2) is 7.65. The molecule has 3 N–H and O–H groups in total. The van der Waals surface area contributed by atoms with Crippen molar-refractivity contribution in [2.24, 2.45) is 17.6 Å². The van der Waals surface area contributed by atoms with Crippen molar-refractivity contribution in [3.05, 3.63) is 28.2 Å². The highest BCUT2D eigenvalue weighted by Gasteiger charge is 2.15. The van der Waals surface area contributed by atoms with Crippen LogP contribution in [0.4, 0.5) is 5.69 Å². The lowest BCUT2D eigenvalue weighted by atomic mass is 9.94. The molecule has 1 amide bonds. The van der Waals surface area contributed by atoms with Crippen LogP contribution in [0, 0.1) is 18.8 Å². The molecule has 0 heterocycles. The van der Waals surface area contributed by atoms with Gasteiger partial charge in [-0.25, -0.2) is 0 Å². The number of nitrogens with one attached hydrogen (secondary N) is 1. The van der Waals surface area contributed by atoms with Crippen molar-refractivity contribution in [1.82, 2.24) is 0 Å². The molecule has 1 aromatic rings. The molecule has 1 rings (SSSR count). The summed E-state index contributed by atoms with van der Waals surface area (Å²) in [6.45, 7) is 6.86. The fourth-order valence-corrected chi connectivity index (χ4v) is 2.50. The maximum Gasteiger partial charge on any atom is 0.224 e. The summed E-state index contributed by atoms with van der Waals surface area (Å²) in [5.41, 5.74) is 7.66. The lowest BCUT2D eigenvalue weighted by molar-refractivity contribution is -0.117. The van der Waals surface area contributed by atoms with E-state index < -0.39 is 0 Å². The first-order chi connectivity index (χ1) is 8.93. The summed E-state index contributed by atoms with van der Waals surface area (Å²) in [6.07, 6.45) is 1.47. The molecule has 0 aliphatic carbocycles. The molecule has 0 fully saturated rings. The highest BCUT2D eigenvalue weighted by Crippen LogP contribution is 2.26. The monoisotopic (exact) mass is 326 g/mol. The lowest BCUT2D eigenvalue weighted by Gasteiger charge is -2.17. The molecular weight excluding hydrogens is 304 g/mol. The van der Waals surface area contributed by atoms with Crippen LogP contribution < -0.4 is 11.1 Å². The topological polar surface area (TPSA) is 55.1 Å². The number of hydrogen-bond donors (Lipinski definition) is 2. The minimum Gasteiger partial charge on any atom is -0.330 e. The first-order valence-corrected chi connectivity index (χ1v) is 7.48. The van der Waals surface area contributed by atoms with E-state index in [0.717, 1.165) is 22.1 Å². The molecule has 0 saturated carbocycles. The van der Waals surface area contributed by atoms with Gasteiger partial charge in [-0.3, -0.25) is 4.79 Å². The number of carbonyl (C=O) groups excluding carboxylic acids is 1. The van der Waals surface area contributed by atoms with Gasteiger partial charge in [-0.05, 0) is 59.3 Å². The number of rotatable bonds is 6. The Balaban J connectivity index is 2.62. The Morgan fingerprint density at radius 3 is 2.68 bits per heavy atom. The maximum absolute atomic E-state index is 12.0. The van der Waals surface area contributed by atoms with Gasteiger partial charge >= 0.3 is 0 Å². The molecular formula is C15H23BrN2O. The maximum atomic E-state index is 12.0. The van der Waals surface area contributed by atoms with Gasteiger partial charge in [0.15, 0.2) is 0 Å². The number of halogens is 1. The smallest absolute Gasteiger partial charge is 0.224 e. The SMILES string of the molecule is Cc1cccc(NC(=O)CC(CN)CC(C)C)c1Br. The van der Waals surface area contributed by atoms with E-state index in [-0.39, 0.29) is 11.8 Å². The van der Waals surface area contributed by atoms with Gasteiger partial charge in [-0.1, -0.05) is 26.0 Å². The first-order valence-electron chi connectivity index (χ1n) is 6.69. The van der Waals surface area contributed by atoms with Gasteiger partial charge in [0.1, 0.15) is 0 Å². The Bertz CT molecular complexity index is 432. The molecule has 0 radical (unpaired) electrons. The van der Waals surface area contributed by atoms with Crippen molar-refractivity contribution in [3.8, 4) is 0 Å². The Hall–Kier alpha value is -0.870. The molecule has 106 valence electrons. The summed E-state index contributed by atoms with van der Waals surface area (Å²) in [6, 6.07) is 5.83. The highest BCUT2D eigenvalue weighted by atomic mass is 79.9. The molecule has 0 aromatic heterocycles. The summed E-state index contributed by atoms with van der Waals surface area (Å²) in [7, 11) is 0. The number of hydrogen-bond acceptors (Lipinski definition) is 2. The van der Waals surface area contributed by atoms with Crippen molar-refractivity contribution >= 4 is 27.5 Å². The van der Waals surface area contributed by atoms with Crippen molar-refractivity contribution in [2.45, 2.75) is 33.6 Å². The molecule has 1 unspecified atom stereocenters. The van der Waals surface area contributed by atoms with Crippen molar-refractivity contribution in [3.63, 3.8) is 0 Å². The highest BCUT2D eigenvalue weighted by molar-refractivity contribution is 9.10. The van der Waals surface area contributed by atoms with Crippen LogP contribution in [0.15, 0.2) is 22.7 Å². The standard InChI is InChI=1S/C15H23BrN2O/c1-10(2)7-12(9-17)8-14(19)18-13-6-4-5-11(3)15(13)16/h4-6,10,12H,7-9,17H2,1-3H3,(H,18,19). The normalized spacial score (nSPS) is 12.5. The molecule has 1 aromatic carbocycles. The molecule has 0 aliphatic heterocycles. The Kier molecular flexibility index (Phi) is 6.52. The van der Waals surface area contributed by atoms with E-state index in [1.165, 1.54) is 0 Å². The van der Waals surface area contributed by atoms with Gasteiger partial charge < -0.3 is 11.1 Å². The minimum atomic E-state index is 0.0300. The van der Waals surface area contributed by atoms with E-state index in [9.17, 15) is 4.79 Å². The average Bonchev–Trinajstić information content (AvgIpc) is 2.33. The third-order valence-corrected chi connectivity index (χ3v) is 4.13. The van der Waals surface area contributed by atoms with Crippen LogP contribution in [0.1, 0.15) is 32.3 Å². The number of nitrogens with two attached hydrogens (primary N) is 1. The zero-order chi connectivity index (χ0) is 14.4. The molecule has 0 bridgehead atoms. The van der Waals surface area contributed by atoms with Gasteiger partial charge in [0, 0.05) is 10.9 Å². The van der Waals surface area contributed by atoms with E-state index >= 15 is 0 Å². The molecule has 3 nitrogen and oxygen atoms in total. The van der Waals surface area contributed by atoms with E-state index in [1.807, 2.05) is 25.1 Å². The second-order valence-corrected chi connectivity index (χ2v) is 6.21. The number of benzene rings is 1. The van der Waals surface area contributed by atoms with Crippen LogP contribution in [-0.2, 0) is 4.79 Å². The quantitative estimate of drug-likeness (QED) is 0.837. The summed E-state index contributed by atoms with van der Waals surface area (Å²) in [5.74, 6) is 0.845. The Labute approximate surface area is 124 Å². The van der Waals surface area contributed by atoms with E-state index in [2.05, 4.69) is 35.1 Å². The zero-order valence-corrected chi connectivity index (χ0v) is 13.5.